The summed E-state index contributed by atoms with van der Waals surface area (Å²) in [4.78, 5) is 1.25. The Morgan fingerprint density at radius 3 is 2.85 bits per heavy atom. The van der Waals surface area contributed by atoms with E-state index in [0.717, 1.165) is 6.54 Å². The first-order valence-corrected chi connectivity index (χ1v) is 6.82. The summed E-state index contributed by atoms with van der Waals surface area (Å²) in [6, 6.07) is 4.22. The van der Waals surface area contributed by atoms with E-state index in [9.17, 15) is 8.42 Å². The Balaban J connectivity index is 1.77. The summed E-state index contributed by atoms with van der Waals surface area (Å²) >= 11 is 1.69. The maximum absolute atomic E-state index is 10.8. The molecule has 72 valence electrons. The number of nitrogens with one attached hydrogen (secondary N) is 1. The molecule has 2 rings (SSSR count). The van der Waals surface area contributed by atoms with Gasteiger partial charge in [0.05, 0.1) is 11.5 Å². The van der Waals surface area contributed by atoms with Crippen LogP contribution in [0.15, 0.2) is 17.5 Å². The van der Waals surface area contributed by atoms with E-state index in [0.29, 0.717) is 11.5 Å². The van der Waals surface area contributed by atoms with E-state index in [-0.39, 0.29) is 6.04 Å². The third kappa shape index (κ3) is 2.30. The number of hydrogen-bond donors (Lipinski definition) is 1. The summed E-state index contributed by atoms with van der Waals surface area (Å²) in [5, 5.41) is 5.23. The van der Waals surface area contributed by atoms with Crippen LogP contribution in [-0.2, 0) is 16.4 Å². The minimum absolute atomic E-state index is 0.173. The third-order valence-corrected chi connectivity index (χ3v) is 4.75. The highest BCUT2D eigenvalue weighted by Crippen LogP contribution is 2.13. The van der Waals surface area contributed by atoms with Crippen molar-refractivity contribution in [1.29, 1.82) is 0 Å². The van der Waals surface area contributed by atoms with Gasteiger partial charge in [0.25, 0.3) is 0 Å². The van der Waals surface area contributed by atoms with Gasteiger partial charge in [-0.25, -0.2) is 8.42 Å². The average molecular weight is 217 g/mol. The van der Waals surface area contributed by atoms with Gasteiger partial charge in [0.1, 0.15) is 0 Å². The molecule has 0 aliphatic carbocycles. The van der Waals surface area contributed by atoms with Crippen LogP contribution in [-0.4, -0.2) is 26.0 Å². The molecule has 0 spiro atoms. The average Bonchev–Trinajstić information content (AvgIpc) is 2.48. The molecule has 0 unspecified atom stereocenters. The molecule has 0 amide bonds. The zero-order valence-electron chi connectivity index (χ0n) is 7.06. The lowest BCUT2D eigenvalue weighted by Crippen LogP contribution is -2.50. The predicted molar refractivity (Wildman–Crippen MR) is 53.6 cm³/mol. The summed E-state index contributed by atoms with van der Waals surface area (Å²) < 4.78 is 21.6. The van der Waals surface area contributed by atoms with Crippen LogP contribution < -0.4 is 5.32 Å². The second-order valence-electron chi connectivity index (χ2n) is 3.23. The van der Waals surface area contributed by atoms with Crippen molar-refractivity contribution in [3.63, 3.8) is 0 Å². The fraction of sp³-hybridized carbons (Fsp3) is 0.500. The van der Waals surface area contributed by atoms with Gasteiger partial charge in [-0.3, -0.25) is 0 Å². The van der Waals surface area contributed by atoms with Crippen LogP contribution in [0.2, 0.25) is 0 Å². The van der Waals surface area contributed by atoms with Gasteiger partial charge in [-0.2, -0.15) is 0 Å². The van der Waals surface area contributed by atoms with E-state index in [4.69, 9.17) is 0 Å². The minimum Gasteiger partial charge on any atom is -0.307 e. The van der Waals surface area contributed by atoms with Gasteiger partial charge in [-0.05, 0) is 11.4 Å². The second kappa shape index (κ2) is 3.40. The molecule has 1 aromatic heterocycles. The Morgan fingerprint density at radius 1 is 1.54 bits per heavy atom. The van der Waals surface area contributed by atoms with Crippen LogP contribution in [0.4, 0.5) is 0 Å². The van der Waals surface area contributed by atoms with Gasteiger partial charge in [0, 0.05) is 17.5 Å². The van der Waals surface area contributed by atoms with Crippen molar-refractivity contribution in [2.45, 2.75) is 12.6 Å². The van der Waals surface area contributed by atoms with E-state index < -0.39 is 9.84 Å². The van der Waals surface area contributed by atoms with Crippen molar-refractivity contribution in [3.8, 4) is 0 Å². The fourth-order valence-corrected chi connectivity index (χ4v) is 3.36. The molecule has 1 fully saturated rings. The number of thiophene rings is 1. The molecule has 1 aromatic rings. The molecule has 2 heterocycles. The van der Waals surface area contributed by atoms with Crippen molar-refractivity contribution >= 4 is 21.2 Å². The second-order valence-corrected chi connectivity index (χ2v) is 6.42. The lowest BCUT2D eigenvalue weighted by atomic mass is 10.3. The van der Waals surface area contributed by atoms with Gasteiger partial charge in [-0.15, -0.1) is 11.3 Å². The van der Waals surface area contributed by atoms with Crippen molar-refractivity contribution in [2.24, 2.45) is 0 Å². The normalized spacial score (nSPS) is 21.2. The quantitative estimate of drug-likeness (QED) is 0.808. The fourth-order valence-electron chi connectivity index (χ4n) is 1.34. The monoisotopic (exact) mass is 217 g/mol. The molecule has 0 saturated carbocycles. The standard InChI is InChI=1S/C8H11NO2S2/c10-13(11)5-7(6-13)9-4-8-2-1-3-12-8/h1-3,7,9H,4-6H2. The van der Waals surface area contributed by atoms with Crippen LogP contribution in [0.1, 0.15) is 4.88 Å². The first-order valence-electron chi connectivity index (χ1n) is 4.12. The van der Waals surface area contributed by atoms with Gasteiger partial charge in [0.2, 0.25) is 0 Å². The van der Waals surface area contributed by atoms with Gasteiger partial charge in [0.15, 0.2) is 9.84 Å². The van der Waals surface area contributed by atoms with E-state index in [1.807, 2.05) is 17.5 Å². The molecule has 0 radical (unpaired) electrons. The van der Waals surface area contributed by atoms with Gasteiger partial charge < -0.3 is 5.32 Å². The summed E-state index contributed by atoms with van der Waals surface area (Å²) in [6.07, 6.45) is 0. The lowest BCUT2D eigenvalue weighted by Gasteiger charge is -2.26. The highest BCUT2D eigenvalue weighted by molar-refractivity contribution is 7.92. The molecule has 3 nitrogen and oxygen atoms in total. The summed E-state index contributed by atoms with van der Waals surface area (Å²) in [5.74, 6) is 0.608. The zero-order valence-corrected chi connectivity index (χ0v) is 8.70. The molecule has 0 aromatic carbocycles. The number of rotatable bonds is 3. The van der Waals surface area contributed by atoms with E-state index in [1.165, 1.54) is 4.88 Å². The van der Waals surface area contributed by atoms with Crippen LogP contribution in [0.5, 0.6) is 0 Å². The van der Waals surface area contributed by atoms with Crippen LogP contribution in [0.3, 0.4) is 0 Å². The molecule has 1 N–H and O–H groups in total. The summed E-state index contributed by atoms with van der Waals surface area (Å²) in [5.41, 5.74) is 0. The Labute approximate surface area is 81.7 Å². The zero-order chi connectivity index (χ0) is 9.31. The van der Waals surface area contributed by atoms with Crippen molar-refractivity contribution in [1.82, 2.24) is 5.32 Å². The Morgan fingerprint density at radius 2 is 2.31 bits per heavy atom. The minimum atomic E-state index is -2.68. The third-order valence-electron chi connectivity index (χ3n) is 2.06. The molecule has 1 aliphatic heterocycles. The maximum atomic E-state index is 10.8. The molecular weight excluding hydrogens is 206 g/mol. The SMILES string of the molecule is O=S1(=O)CC(NCc2cccs2)C1. The smallest absolute Gasteiger partial charge is 0.153 e. The molecular formula is C8H11NO2S2. The summed E-state index contributed by atoms with van der Waals surface area (Å²) in [7, 11) is -2.68. The van der Waals surface area contributed by atoms with Crippen LogP contribution in [0, 0.1) is 0 Å². The van der Waals surface area contributed by atoms with E-state index in [2.05, 4.69) is 5.32 Å². The van der Waals surface area contributed by atoms with Gasteiger partial charge in [-0.1, -0.05) is 6.07 Å². The molecule has 0 bridgehead atoms. The Hall–Kier alpha value is -0.390. The lowest BCUT2D eigenvalue weighted by molar-refractivity contribution is 0.513. The maximum Gasteiger partial charge on any atom is 0.153 e. The Bertz CT molecular complexity index is 357. The van der Waals surface area contributed by atoms with Crippen LogP contribution in [0.25, 0.3) is 0 Å². The molecule has 5 heteroatoms. The number of hydrogen-bond acceptors (Lipinski definition) is 4. The Kier molecular flexibility index (Phi) is 2.40. The molecule has 13 heavy (non-hydrogen) atoms. The molecule has 1 saturated heterocycles. The molecule has 1 aliphatic rings. The van der Waals surface area contributed by atoms with Gasteiger partial charge >= 0.3 is 0 Å². The highest BCUT2D eigenvalue weighted by atomic mass is 32.2. The highest BCUT2D eigenvalue weighted by Gasteiger charge is 2.32. The largest absolute Gasteiger partial charge is 0.307 e. The van der Waals surface area contributed by atoms with Crippen molar-refractivity contribution in [3.05, 3.63) is 22.4 Å². The van der Waals surface area contributed by atoms with E-state index in [1.54, 1.807) is 11.3 Å². The topological polar surface area (TPSA) is 46.2 Å². The van der Waals surface area contributed by atoms with Crippen LogP contribution >= 0.6 is 11.3 Å². The first kappa shape index (κ1) is 9.18. The van der Waals surface area contributed by atoms with Crippen molar-refractivity contribution < 1.29 is 8.42 Å². The predicted octanol–water partition coefficient (Wildman–Crippen LogP) is 0.635. The molecule has 0 atom stereocenters. The summed E-state index contributed by atoms with van der Waals surface area (Å²) in [6.45, 7) is 0.790. The van der Waals surface area contributed by atoms with E-state index >= 15 is 0 Å². The van der Waals surface area contributed by atoms with Crippen molar-refractivity contribution in [2.75, 3.05) is 11.5 Å². The first-order chi connectivity index (χ1) is 6.16. The number of sulfone groups is 1.